The van der Waals surface area contributed by atoms with Gasteiger partial charge in [0.15, 0.2) is 0 Å². The summed E-state index contributed by atoms with van der Waals surface area (Å²) in [6.07, 6.45) is 0.217. The molecule has 0 aliphatic heterocycles. The van der Waals surface area contributed by atoms with Gasteiger partial charge in [-0.1, -0.05) is 23.4 Å². The minimum absolute atomic E-state index is 0.176. The van der Waals surface area contributed by atoms with Crippen LogP contribution in [0, 0.1) is 18.7 Å². The van der Waals surface area contributed by atoms with Crippen LogP contribution in [0.25, 0.3) is 0 Å². The Morgan fingerprint density at radius 3 is 2.77 bits per heavy atom. The Kier molecular flexibility index (Phi) is 3.40. The Hall–Kier alpha value is -2.01. The molecule has 3 rings (SSSR count). The quantitative estimate of drug-likeness (QED) is 0.926. The first-order valence-corrected chi connectivity index (χ1v) is 7.25. The van der Waals surface area contributed by atoms with Gasteiger partial charge < -0.3 is 9.63 Å². The first kappa shape index (κ1) is 14.9. The van der Waals surface area contributed by atoms with Gasteiger partial charge in [-0.15, -0.1) is 0 Å². The Labute approximate surface area is 127 Å². The molecule has 0 saturated heterocycles. The Morgan fingerprint density at radius 2 is 2.14 bits per heavy atom. The fourth-order valence-electron chi connectivity index (χ4n) is 3.66. The van der Waals surface area contributed by atoms with Crippen LogP contribution in [-0.2, 0) is 11.2 Å². The van der Waals surface area contributed by atoms with E-state index < -0.39 is 23.3 Å². The highest BCUT2D eigenvalue weighted by Gasteiger charge is 2.49. The Morgan fingerprint density at radius 1 is 1.45 bits per heavy atom. The molecular formula is C17H18FNO3. The molecule has 0 amide bonds. The molecule has 1 N–H and O–H groups in total. The van der Waals surface area contributed by atoms with Gasteiger partial charge >= 0.3 is 0 Å². The summed E-state index contributed by atoms with van der Waals surface area (Å²) in [5, 5.41) is 14.7. The molecule has 1 aromatic heterocycles. The predicted octanol–water partition coefficient (Wildman–Crippen LogP) is 2.77. The number of aromatic nitrogens is 1. The van der Waals surface area contributed by atoms with Crippen molar-refractivity contribution >= 4 is 5.78 Å². The molecule has 0 fully saturated rings. The smallest absolute Gasteiger partial charge is 0.137 e. The topological polar surface area (TPSA) is 63.3 Å². The Balaban J connectivity index is 2.28. The van der Waals surface area contributed by atoms with Crippen LogP contribution in [0.2, 0.25) is 0 Å². The summed E-state index contributed by atoms with van der Waals surface area (Å²) < 4.78 is 19.6. The fraction of sp³-hybridized carbons (Fsp3) is 0.412. The lowest BCUT2D eigenvalue weighted by Crippen LogP contribution is -2.48. The molecule has 0 bridgehead atoms. The molecule has 0 spiro atoms. The van der Waals surface area contributed by atoms with Crippen molar-refractivity contribution in [3.05, 3.63) is 52.7 Å². The number of hydrogen-bond donors (Lipinski definition) is 1. The van der Waals surface area contributed by atoms with Crippen molar-refractivity contribution < 1.29 is 18.8 Å². The summed E-state index contributed by atoms with van der Waals surface area (Å²) in [6, 6.07) is 6.33. The van der Waals surface area contributed by atoms with Gasteiger partial charge in [0.2, 0.25) is 0 Å². The second-order valence-electron chi connectivity index (χ2n) is 6.22. The van der Waals surface area contributed by atoms with Crippen LogP contribution in [0.15, 0.2) is 28.8 Å². The third-order valence-electron chi connectivity index (χ3n) is 4.50. The molecule has 22 heavy (non-hydrogen) atoms. The van der Waals surface area contributed by atoms with Crippen LogP contribution >= 0.6 is 0 Å². The van der Waals surface area contributed by atoms with Crippen molar-refractivity contribution in [3.63, 3.8) is 0 Å². The van der Waals surface area contributed by atoms with E-state index in [1.54, 1.807) is 32.0 Å². The molecule has 2 aromatic rings. The zero-order valence-corrected chi connectivity index (χ0v) is 12.8. The maximum atomic E-state index is 14.4. The number of benzene rings is 1. The summed E-state index contributed by atoms with van der Waals surface area (Å²) in [5.74, 6) is -1.35. The molecule has 0 radical (unpaired) electrons. The van der Waals surface area contributed by atoms with Crippen LogP contribution < -0.4 is 0 Å². The van der Waals surface area contributed by atoms with Crippen molar-refractivity contribution in [1.82, 2.24) is 5.16 Å². The SMILES string of the molecule is CC(=O)[C@@H]1[C@@H](c2ccccc2F)c2c(noc2C)C[C@]1(C)O. The van der Waals surface area contributed by atoms with Crippen molar-refractivity contribution in [2.45, 2.75) is 38.7 Å². The summed E-state index contributed by atoms with van der Waals surface area (Å²) in [7, 11) is 0. The first-order valence-electron chi connectivity index (χ1n) is 7.25. The van der Waals surface area contributed by atoms with Crippen molar-refractivity contribution in [1.29, 1.82) is 0 Å². The molecule has 1 aromatic carbocycles. The van der Waals surface area contributed by atoms with Crippen LogP contribution in [0.4, 0.5) is 4.39 Å². The summed E-state index contributed by atoms with van der Waals surface area (Å²) >= 11 is 0. The molecule has 116 valence electrons. The van der Waals surface area contributed by atoms with Gasteiger partial charge in [0.25, 0.3) is 0 Å². The number of halogens is 1. The number of ketones is 1. The van der Waals surface area contributed by atoms with E-state index in [0.29, 0.717) is 17.0 Å². The number of carbonyl (C=O) groups is 1. The largest absolute Gasteiger partial charge is 0.389 e. The van der Waals surface area contributed by atoms with E-state index in [2.05, 4.69) is 5.16 Å². The number of hydrogen-bond acceptors (Lipinski definition) is 4. The lowest BCUT2D eigenvalue weighted by Gasteiger charge is -2.40. The zero-order valence-electron chi connectivity index (χ0n) is 12.8. The maximum absolute atomic E-state index is 14.4. The molecular weight excluding hydrogens is 285 g/mol. The number of aliphatic hydroxyl groups is 1. The molecule has 1 heterocycles. The highest BCUT2D eigenvalue weighted by Crippen LogP contribution is 2.47. The maximum Gasteiger partial charge on any atom is 0.137 e. The van der Waals surface area contributed by atoms with Crippen molar-refractivity contribution in [2.24, 2.45) is 5.92 Å². The average molecular weight is 303 g/mol. The molecule has 1 aliphatic carbocycles. The highest BCUT2D eigenvalue weighted by molar-refractivity contribution is 5.82. The lowest BCUT2D eigenvalue weighted by atomic mass is 9.64. The van der Waals surface area contributed by atoms with Gasteiger partial charge in [-0.3, -0.25) is 4.79 Å². The summed E-state index contributed by atoms with van der Waals surface area (Å²) in [4.78, 5) is 12.2. The second-order valence-corrected chi connectivity index (χ2v) is 6.22. The Bertz CT molecular complexity index is 735. The van der Waals surface area contributed by atoms with Crippen LogP contribution in [0.5, 0.6) is 0 Å². The minimum Gasteiger partial charge on any atom is -0.389 e. The molecule has 4 nitrogen and oxygen atoms in total. The van der Waals surface area contributed by atoms with E-state index >= 15 is 0 Å². The standard InChI is InChI=1S/C17H18FNO3/c1-9(20)16-15(11-6-4-5-7-12(11)18)14-10(2)22-19-13(14)8-17(16,3)21/h4-7,15-16,21H,8H2,1-3H3/t15-,16+,17-/m0/s1. The highest BCUT2D eigenvalue weighted by atomic mass is 19.1. The number of carbonyl (C=O) groups excluding carboxylic acids is 1. The van der Waals surface area contributed by atoms with Crippen LogP contribution in [-0.4, -0.2) is 21.6 Å². The van der Waals surface area contributed by atoms with E-state index in [1.165, 1.54) is 13.0 Å². The van der Waals surface area contributed by atoms with Gasteiger partial charge in [-0.05, 0) is 32.4 Å². The number of fused-ring (bicyclic) bond motifs is 1. The number of rotatable bonds is 2. The molecule has 5 heteroatoms. The molecule has 1 aliphatic rings. The summed E-state index contributed by atoms with van der Waals surface area (Å²) in [5.41, 5.74) is 0.398. The monoisotopic (exact) mass is 303 g/mol. The third-order valence-corrected chi connectivity index (χ3v) is 4.50. The van der Waals surface area contributed by atoms with E-state index in [4.69, 9.17) is 4.52 Å². The van der Waals surface area contributed by atoms with Crippen LogP contribution in [0.3, 0.4) is 0 Å². The van der Waals surface area contributed by atoms with Gasteiger partial charge in [0.1, 0.15) is 17.4 Å². The van der Waals surface area contributed by atoms with E-state index in [-0.39, 0.29) is 12.2 Å². The van der Waals surface area contributed by atoms with Crippen molar-refractivity contribution in [2.75, 3.05) is 0 Å². The van der Waals surface area contributed by atoms with E-state index in [0.717, 1.165) is 5.56 Å². The first-order chi connectivity index (χ1) is 10.3. The summed E-state index contributed by atoms with van der Waals surface area (Å²) in [6.45, 7) is 4.78. The van der Waals surface area contributed by atoms with Gasteiger partial charge in [0.05, 0.1) is 17.2 Å². The minimum atomic E-state index is -1.30. The predicted molar refractivity (Wildman–Crippen MR) is 78.0 cm³/mol. The lowest BCUT2D eigenvalue weighted by molar-refractivity contribution is -0.131. The molecule has 3 atom stereocenters. The average Bonchev–Trinajstić information content (AvgIpc) is 2.77. The fourth-order valence-corrected chi connectivity index (χ4v) is 3.66. The number of Topliss-reactive ketones (excluding diaryl/α,β-unsaturated/α-hetero) is 1. The van der Waals surface area contributed by atoms with Crippen LogP contribution in [0.1, 0.15) is 42.3 Å². The number of aryl methyl sites for hydroxylation is 1. The van der Waals surface area contributed by atoms with E-state index in [1.807, 2.05) is 0 Å². The second kappa shape index (κ2) is 5.02. The molecule has 0 saturated carbocycles. The van der Waals surface area contributed by atoms with Gasteiger partial charge in [-0.2, -0.15) is 0 Å². The van der Waals surface area contributed by atoms with Gasteiger partial charge in [0, 0.05) is 17.9 Å². The van der Waals surface area contributed by atoms with E-state index in [9.17, 15) is 14.3 Å². The normalized spacial score (nSPS) is 27.5. The van der Waals surface area contributed by atoms with Gasteiger partial charge in [-0.25, -0.2) is 4.39 Å². The third kappa shape index (κ3) is 2.16. The zero-order chi connectivity index (χ0) is 16.1. The number of nitrogens with zero attached hydrogens (tertiary/aromatic N) is 1. The van der Waals surface area contributed by atoms with Crippen molar-refractivity contribution in [3.8, 4) is 0 Å². The molecule has 0 unspecified atom stereocenters.